The quantitative estimate of drug-likeness (QED) is 0.469. The molecule has 3 nitrogen and oxygen atoms in total. The van der Waals surface area contributed by atoms with Gasteiger partial charge in [-0.2, -0.15) is 0 Å². The summed E-state index contributed by atoms with van der Waals surface area (Å²) in [6.45, 7) is 2.68. The molecule has 0 aromatic carbocycles. The van der Waals surface area contributed by atoms with Crippen LogP contribution in [0.15, 0.2) is 12.0 Å². The lowest BCUT2D eigenvalue weighted by Gasteiger charge is -1.98. The molecule has 1 aliphatic heterocycles. The largest absolute Gasteiger partial charge is 0.482 e. The smallest absolute Gasteiger partial charge is 0.198 e. The summed E-state index contributed by atoms with van der Waals surface area (Å²) in [7, 11) is 1.59. The number of hydrogen-bond acceptors (Lipinski definition) is 3. The Balaban J connectivity index is 2.36. The minimum absolute atomic E-state index is 0.694. The number of ether oxygens (including phenoxy) is 1. The second-order valence-electron chi connectivity index (χ2n) is 1.11. The van der Waals surface area contributed by atoms with E-state index in [9.17, 15) is 0 Å². The minimum Gasteiger partial charge on any atom is -0.482 e. The third kappa shape index (κ3) is 0.838. The lowest BCUT2D eigenvalue weighted by atomic mass is 10.6. The van der Waals surface area contributed by atoms with Crippen molar-refractivity contribution in [2.24, 2.45) is 0 Å². The number of hydrazine groups is 1. The fourth-order valence-corrected chi connectivity index (χ4v) is 0.345. The standard InChI is InChI=1S/C4H6N2O/c1-7-4-2-3-5-6-4/h2,5-6H,1H3. The molecule has 0 aliphatic carbocycles. The van der Waals surface area contributed by atoms with E-state index in [-0.39, 0.29) is 0 Å². The van der Waals surface area contributed by atoms with Crippen molar-refractivity contribution in [3.63, 3.8) is 0 Å². The molecule has 7 heavy (non-hydrogen) atoms. The summed E-state index contributed by atoms with van der Waals surface area (Å²) in [6, 6.07) is 0. The zero-order valence-electron chi connectivity index (χ0n) is 3.99. The van der Waals surface area contributed by atoms with E-state index in [0.29, 0.717) is 5.88 Å². The zero-order valence-corrected chi connectivity index (χ0v) is 3.99. The Kier molecular flexibility index (Phi) is 1.17. The molecule has 0 spiro atoms. The number of nitrogens with one attached hydrogen (secondary N) is 2. The normalized spacial score (nSPS) is 18.1. The third-order valence-corrected chi connectivity index (χ3v) is 0.681. The molecule has 0 saturated carbocycles. The summed E-state index contributed by atoms with van der Waals surface area (Å²) in [5.41, 5.74) is 5.29. The molecular formula is C4H6N2O. The van der Waals surface area contributed by atoms with Gasteiger partial charge in [-0.05, 0) is 0 Å². The van der Waals surface area contributed by atoms with Crippen LogP contribution in [-0.2, 0) is 4.74 Å². The van der Waals surface area contributed by atoms with Crippen LogP contribution in [0.1, 0.15) is 0 Å². The lowest BCUT2D eigenvalue weighted by Crippen LogP contribution is -2.21. The average Bonchev–Trinajstić information content (AvgIpc) is 2.14. The van der Waals surface area contributed by atoms with Crippen molar-refractivity contribution in [2.45, 2.75) is 0 Å². The van der Waals surface area contributed by atoms with Crippen molar-refractivity contribution in [2.75, 3.05) is 7.11 Å². The minimum atomic E-state index is 0.694. The summed E-state index contributed by atoms with van der Waals surface area (Å²) in [5, 5.41) is 0. The highest BCUT2D eigenvalue weighted by Gasteiger charge is 1.98. The van der Waals surface area contributed by atoms with Crippen molar-refractivity contribution >= 4 is 0 Å². The predicted molar refractivity (Wildman–Crippen MR) is 24.6 cm³/mol. The first-order valence-electron chi connectivity index (χ1n) is 1.94. The summed E-state index contributed by atoms with van der Waals surface area (Å²) >= 11 is 0. The molecule has 1 heterocycles. The molecule has 38 valence electrons. The molecular weight excluding hydrogens is 92.1 g/mol. The van der Waals surface area contributed by atoms with E-state index >= 15 is 0 Å². The lowest BCUT2D eigenvalue weighted by molar-refractivity contribution is 0.262. The van der Waals surface area contributed by atoms with Crippen LogP contribution in [-0.4, -0.2) is 7.11 Å². The maximum absolute atomic E-state index is 4.74. The van der Waals surface area contributed by atoms with Crippen molar-refractivity contribution in [1.29, 1.82) is 0 Å². The van der Waals surface area contributed by atoms with Crippen LogP contribution >= 0.6 is 0 Å². The Morgan fingerprint density at radius 2 is 2.71 bits per heavy atom. The first-order valence-corrected chi connectivity index (χ1v) is 1.94. The highest BCUT2D eigenvalue weighted by Crippen LogP contribution is 1.93. The maximum atomic E-state index is 4.74. The average molecular weight is 98.1 g/mol. The van der Waals surface area contributed by atoms with Crippen molar-refractivity contribution in [3.8, 4) is 0 Å². The first kappa shape index (κ1) is 4.46. The van der Waals surface area contributed by atoms with Crippen LogP contribution < -0.4 is 10.9 Å². The van der Waals surface area contributed by atoms with Gasteiger partial charge >= 0.3 is 0 Å². The molecule has 0 fully saturated rings. The van der Waals surface area contributed by atoms with Crippen LogP contribution in [0, 0.1) is 6.54 Å². The van der Waals surface area contributed by atoms with Crippen molar-refractivity contribution in [3.05, 3.63) is 18.5 Å². The Morgan fingerprint density at radius 1 is 1.86 bits per heavy atom. The van der Waals surface area contributed by atoms with E-state index in [1.807, 2.05) is 0 Å². The SMILES string of the molecule is COC1=C[C]NN1. The molecule has 0 unspecified atom stereocenters. The van der Waals surface area contributed by atoms with Gasteiger partial charge in [0.15, 0.2) is 5.88 Å². The highest BCUT2D eigenvalue weighted by molar-refractivity contribution is 5.03. The second-order valence-corrected chi connectivity index (χ2v) is 1.11. The molecule has 0 aromatic heterocycles. The number of methoxy groups -OCH3 is 1. The molecule has 2 radical (unpaired) electrons. The monoisotopic (exact) mass is 98.0 g/mol. The van der Waals surface area contributed by atoms with Crippen molar-refractivity contribution in [1.82, 2.24) is 10.9 Å². The van der Waals surface area contributed by atoms with Crippen LogP contribution in [0.2, 0.25) is 0 Å². The van der Waals surface area contributed by atoms with E-state index < -0.39 is 0 Å². The first-order chi connectivity index (χ1) is 3.43. The van der Waals surface area contributed by atoms with Crippen LogP contribution in [0.5, 0.6) is 0 Å². The van der Waals surface area contributed by atoms with Crippen LogP contribution in [0.3, 0.4) is 0 Å². The third-order valence-electron chi connectivity index (χ3n) is 0.681. The summed E-state index contributed by atoms with van der Waals surface area (Å²) < 4.78 is 4.74. The Labute approximate surface area is 42.3 Å². The van der Waals surface area contributed by atoms with Gasteiger partial charge in [0.1, 0.15) is 6.54 Å². The van der Waals surface area contributed by atoms with Gasteiger partial charge in [0, 0.05) is 6.08 Å². The molecule has 0 bridgehead atoms. The summed E-state index contributed by atoms with van der Waals surface area (Å²) in [6.07, 6.45) is 1.68. The molecule has 0 atom stereocenters. The Bertz CT molecular complexity index is 89.7. The second kappa shape index (κ2) is 1.84. The zero-order chi connectivity index (χ0) is 5.11. The van der Waals surface area contributed by atoms with E-state index in [0.717, 1.165) is 0 Å². The van der Waals surface area contributed by atoms with Gasteiger partial charge in [0.2, 0.25) is 0 Å². The molecule has 0 amide bonds. The van der Waals surface area contributed by atoms with Gasteiger partial charge in [0.05, 0.1) is 7.11 Å². The van der Waals surface area contributed by atoms with Gasteiger partial charge in [-0.25, -0.2) is 5.43 Å². The summed E-state index contributed by atoms with van der Waals surface area (Å²) in [4.78, 5) is 0. The van der Waals surface area contributed by atoms with E-state index in [4.69, 9.17) is 4.74 Å². The number of hydrogen-bond donors (Lipinski definition) is 2. The molecule has 0 aromatic rings. The maximum Gasteiger partial charge on any atom is 0.198 e. The molecule has 1 aliphatic rings. The van der Waals surface area contributed by atoms with E-state index in [1.54, 1.807) is 13.2 Å². The Hall–Kier alpha value is -0.700. The van der Waals surface area contributed by atoms with Crippen LogP contribution in [0.25, 0.3) is 0 Å². The van der Waals surface area contributed by atoms with E-state index in [1.165, 1.54) is 0 Å². The Morgan fingerprint density at radius 3 is 3.00 bits per heavy atom. The van der Waals surface area contributed by atoms with Gasteiger partial charge in [0.25, 0.3) is 0 Å². The molecule has 1 rings (SSSR count). The molecule has 2 N–H and O–H groups in total. The van der Waals surface area contributed by atoms with Gasteiger partial charge in [-0.3, -0.25) is 5.43 Å². The molecule has 3 heteroatoms. The van der Waals surface area contributed by atoms with Gasteiger partial charge in [-0.15, -0.1) is 0 Å². The topological polar surface area (TPSA) is 33.3 Å². The fourth-order valence-electron chi connectivity index (χ4n) is 0.345. The van der Waals surface area contributed by atoms with Gasteiger partial charge < -0.3 is 4.74 Å². The fraction of sp³-hybridized carbons (Fsp3) is 0.250. The predicted octanol–water partition coefficient (Wildman–Crippen LogP) is -0.379. The van der Waals surface area contributed by atoms with Crippen LogP contribution in [0.4, 0.5) is 0 Å². The summed E-state index contributed by atoms with van der Waals surface area (Å²) in [5.74, 6) is 0.694. The van der Waals surface area contributed by atoms with E-state index in [2.05, 4.69) is 17.4 Å². The highest BCUT2D eigenvalue weighted by atomic mass is 16.5. The van der Waals surface area contributed by atoms with Gasteiger partial charge in [-0.1, -0.05) is 0 Å². The van der Waals surface area contributed by atoms with Crippen molar-refractivity contribution < 1.29 is 4.74 Å². The number of rotatable bonds is 1. The molecule has 0 saturated heterocycles.